The second kappa shape index (κ2) is 9.30. The van der Waals surface area contributed by atoms with E-state index in [1.165, 1.54) is 4.68 Å². The summed E-state index contributed by atoms with van der Waals surface area (Å²) in [5, 5.41) is 14.5. The lowest BCUT2D eigenvalue weighted by molar-refractivity contribution is -0.156. The maximum atomic E-state index is 13.0. The molecule has 0 aliphatic rings. The molecule has 1 atom stereocenters. The summed E-state index contributed by atoms with van der Waals surface area (Å²) in [5.41, 5.74) is 1.22. The maximum Gasteiger partial charge on any atom is 0.311 e. The third kappa shape index (κ3) is 5.50. The van der Waals surface area contributed by atoms with Gasteiger partial charge >= 0.3 is 5.97 Å². The molecule has 0 spiro atoms. The summed E-state index contributed by atoms with van der Waals surface area (Å²) >= 11 is 0. The Morgan fingerprint density at radius 3 is 2.20 bits per heavy atom. The van der Waals surface area contributed by atoms with Gasteiger partial charge in [-0.25, -0.2) is 4.68 Å². The normalized spacial score (nSPS) is 12.2. The molecule has 3 aromatic rings. The largest absolute Gasteiger partial charge is 0.444 e. The van der Waals surface area contributed by atoms with Crippen LogP contribution in [-0.2, 0) is 32.8 Å². The van der Waals surface area contributed by atoms with E-state index >= 15 is 0 Å². The number of hydrogen-bond acceptors (Lipinski definition) is 6. The van der Waals surface area contributed by atoms with Crippen LogP contribution < -0.4 is 5.32 Å². The van der Waals surface area contributed by atoms with Gasteiger partial charge in [-0.15, -0.1) is 5.10 Å². The fourth-order valence-electron chi connectivity index (χ4n) is 2.87. The van der Waals surface area contributed by atoms with Crippen LogP contribution in [0, 0.1) is 0 Å². The zero-order valence-electron chi connectivity index (χ0n) is 17.3. The number of amides is 1. The molecule has 0 aliphatic heterocycles. The Kier molecular flexibility index (Phi) is 6.56. The van der Waals surface area contributed by atoms with Gasteiger partial charge < -0.3 is 10.1 Å². The first kappa shape index (κ1) is 21.2. The molecule has 1 N–H and O–H groups in total. The van der Waals surface area contributed by atoms with Crippen molar-refractivity contribution in [2.75, 3.05) is 0 Å². The number of nitrogens with one attached hydrogen (secondary N) is 1. The molecule has 30 heavy (non-hydrogen) atoms. The van der Waals surface area contributed by atoms with E-state index in [2.05, 4.69) is 20.8 Å². The molecule has 8 nitrogen and oxygen atoms in total. The predicted molar refractivity (Wildman–Crippen MR) is 110 cm³/mol. The zero-order valence-corrected chi connectivity index (χ0v) is 17.3. The summed E-state index contributed by atoms with van der Waals surface area (Å²) in [6, 6.07) is 18.7. The highest BCUT2D eigenvalue weighted by atomic mass is 16.5. The molecule has 3 rings (SSSR count). The lowest BCUT2D eigenvalue weighted by Gasteiger charge is -2.23. The van der Waals surface area contributed by atoms with E-state index in [1.54, 1.807) is 0 Å². The number of esters is 1. The van der Waals surface area contributed by atoms with Crippen molar-refractivity contribution < 1.29 is 14.3 Å². The molecule has 0 saturated heterocycles. The van der Waals surface area contributed by atoms with Crippen LogP contribution in [0.1, 0.15) is 43.8 Å². The van der Waals surface area contributed by atoms with Crippen LogP contribution in [0.15, 0.2) is 60.7 Å². The van der Waals surface area contributed by atoms with Crippen LogP contribution >= 0.6 is 0 Å². The van der Waals surface area contributed by atoms with Crippen LogP contribution in [0.2, 0.25) is 0 Å². The summed E-state index contributed by atoms with van der Waals surface area (Å²) < 4.78 is 7.07. The topological polar surface area (TPSA) is 99.0 Å². The molecule has 0 radical (unpaired) electrons. The number of rotatable bonds is 7. The zero-order chi connectivity index (χ0) is 21.6. The Bertz CT molecular complexity index is 981. The van der Waals surface area contributed by atoms with E-state index in [0.717, 1.165) is 11.1 Å². The van der Waals surface area contributed by atoms with Gasteiger partial charge in [0.1, 0.15) is 0 Å². The molecule has 1 unspecified atom stereocenters. The molecule has 156 valence electrons. The second-order valence-corrected chi connectivity index (χ2v) is 7.86. The minimum Gasteiger partial charge on any atom is -0.444 e. The Balaban J connectivity index is 1.80. The third-order valence-electron chi connectivity index (χ3n) is 4.35. The van der Waals surface area contributed by atoms with Gasteiger partial charge in [-0.1, -0.05) is 60.7 Å². The smallest absolute Gasteiger partial charge is 0.311 e. The molecule has 0 saturated carbocycles. The van der Waals surface area contributed by atoms with Crippen LogP contribution in [0.4, 0.5) is 0 Å². The van der Waals surface area contributed by atoms with Crippen molar-refractivity contribution in [1.82, 2.24) is 25.5 Å². The first-order valence-corrected chi connectivity index (χ1v) is 9.68. The van der Waals surface area contributed by atoms with Gasteiger partial charge in [-0.2, -0.15) is 0 Å². The van der Waals surface area contributed by atoms with Gasteiger partial charge in [0.05, 0.1) is 12.0 Å². The van der Waals surface area contributed by atoms with E-state index in [0.29, 0.717) is 6.54 Å². The summed E-state index contributed by atoms with van der Waals surface area (Å²) in [5.74, 6) is -0.848. The van der Waals surface area contributed by atoms with Gasteiger partial charge in [0, 0.05) is 6.54 Å². The Morgan fingerprint density at radius 2 is 1.60 bits per heavy atom. The average Bonchev–Trinajstić information content (AvgIpc) is 3.22. The van der Waals surface area contributed by atoms with E-state index in [1.807, 2.05) is 81.4 Å². The number of hydrogen-bond donors (Lipinski definition) is 1. The summed E-state index contributed by atoms with van der Waals surface area (Å²) in [6.45, 7) is 6.00. The van der Waals surface area contributed by atoms with Crippen molar-refractivity contribution in [2.45, 2.75) is 45.4 Å². The van der Waals surface area contributed by atoms with Crippen LogP contribution in [0.5, 0.6) is 0 Å². The van der Waals surface area contributed by atoms with Crippen molar-refractivity contribution in [3.8, 4) is 0 Å². The molecule has 2 aromatic carbocycles. The minimum atomic E-state index is -1.26. The molecule has 0 bridgehead atoms. The van der Waals surface area contributed by atoms with Crippen molar-refractivity contribution in [3.05, 3.63) is 77.6 Å². The number of carbonyl (C=O) groups excluding carboxylic acids is 2. The molecule has 1 aromatic heterocycles. The SMILES string of the molecule is CC(C)(C)n1nnnc1C(OC(=O)Cc1ccccc1)C(=O)NCc1ccccc1. The van der Waals surface area contributed by atoms with Crippen molar-refractivity contribution in [3.63, 3.8) is 0 Å². The molecule has 0 aliphatic carbocycles. The maximum absolute atomic E-state index is 13.0. The lowest BCUT2D eigenvalue weighted by Crippen LogP contribution is -2.36. The fourth-order valence-corrected chi connectivity index (χ4v) is 2.87. The van der Waals surface area contributed by atoms with Gasteiger partial charge in [0.2, 0.25) is 11.9 Å². The fraction of sp³-hybridized carbons (Fsp3) is 0.318. The van der Waals surface area contributed by atoms with E-state index in [4.69, 9.17) is 4.74 Å². The van der Waals surface area contributed by atoms with Crippen molar-refractivity contribution in [2.24, 2.45) is 0 Å². The summed E-state index contributed by atoms with van der Waals surface area (Å²) in [4.78, 5) is 25.6. The van der Waals surface area contributed by atoms with Crippen LogP contribution in [-0.4, -0.2) is 32.1 Å². The van der Waals surface area contributed by atoms with Gasteiger partial charge in [-0.3, -0.25) is 9.59 Å². The van der Waals surface area contributed by atoms with E-state index in [9.17, 15) is 9.59 Å². The van der Waals surface area contributed by atoms with E-state index < -0.39 is 23.5 Å². The average molecular weight is 407 g/mol. The molecule has 8 heteroatoms. The monoisotopic (exact) mass is 407 g/mol. The molecule has 1 heterocycles. The Hall–Kier alpha value is -3.55. The van der Waals surface area contributed by atoms with Gasteiger partial charge in [0.25, 0.3) is 5.91 Å². The first-order valence-electron chi connectivity index (χ1n) is 9.68. The molecule has 1 amide bonds. The number of tetrazole rings is 1. The number of carbonyl (C=O) groups is 2. The molecular weight excluding hydrogens is 382 g/mol. The van der Waals surface area contributed by atoms with Crippen LogP contribution in [0.25, 0.3) is 0 Å². The molecule has 0 fully saturated rings. The summed E-state index contributed by atoms with van der Waals surface area (Å²) in [7, 11) is 0. The summed E-state index contributed by atoms with van der Waals surface area (Å²) in [6.07, 6.45) is -1.22. The second-order valence-electron chi connectivity index (χ2n) is 7.86. The van der Waals surface area contributed by atoms with Gasteiger partial charge in [0.15, 0.2) is 0 Å². The van der Waals surface area contributed by atoms with Crippen molar-refractivity contribution in [1.29, 1.82) is 0 Å². The Labute approximate surface area is 175 Å². The Morgan fingerprint density at radius 1 is 1.00 bits per heavy atom. The minimum absolute atomic E-state index is 0.0421. The number of nitrogens with zero attached hydrogens (tertiary/aromatic N) is 4. The lowest BCUT2D eigenvalue weighted by atomic mass is 10.1. The first-order chi connectivity index (χ1) is 14.3. The highest BCUT2D eigenvalue weighted by Crippen LogP contribution is 2.22. The highest BCUT2D eigenvalue weighted by molar-refractivity contribution is 5.84. The van der Waals surface area contributed by atoms with E-state index in [-0.39, 0.29) is 12.2 Å². The number of ether oxygens (including phenoxy) is 1. The molecular formula is C22H25N5O3. The predicted octanol–water partition coefficient (Wildman–Crippen LogP) is 2.57. The standard InChI is InChI=1S/C22H25N5O3/c1-22(2,3)27-20(24-25-26-27)19(21(29)23-15-17-12-8-5-9-13-17)30-18(28)14-16-10-6-4-7-11-16/h4-13,19H,14-15H2,1-3H3,(H,23,29). The number of aromatic nitrogens is 4. The van der Waals surface area contributed by atoms with Crippen LogP contribution in [0.3, 0.4) is 0 Å². The van der Waals surface area contributed by atoms with Gasteiger partial charge in [-0.05, 0) is 42.3 Å². The quantitative estimate of drug-likeness (QED) is 0.605. The highest BCUT2D eigenvalue weighted by Gasteiger charge is 2.33. The van der Waals surface area contributed by atoms with Crippen molar-refractivity contribution >= 4 is 11.9 Å². The third-order valence-corrected chi connectivity index (χ3v) is 4.35. The number of benzene rings is 2.